The maximum Gasteiger partial charge on any atom is 0.257 e. The third-order valence-electron chi connectivity index (χ3n) is 3.76. The van der Waals surface area contributed by atoms with Crippen molar-refractivity contribution >= 4 is 23.2 Å². The largest absolute Gasteiger partial charge is 0.325 e. The normalized spacial score (nSPS) is 10.2. The highest BCUT2D eigenvalue weighted by Gasteiger charge is 2.13. The Labute approximate surface area is 150 Å². The molecule has 0 aliphatic heterocycles. The van der Waals surface area contributed by atoms with Gasteiger partial charge < -0.3 is 10.6 Å². The summed E-state index contributed by atoms with van der Waals surface area (Å²) in [5.41, 5.74) is 2.12. The maximum absolute atomic E-state index is 13.0. The molecular weight excluding hydrogens is 331 g/mol. The van der Waals surface area contributed by atoms with Crippen LogP contribution in [-0.4, -0.2) is 11.8 Å². The van der Waals surface area contributed by atoms with Crippen LogP contribution >= 0.6 is 0 Å². The second kappa shape index (κ2) is 8.07. The van der Waals surface area contributed by atoms with Crippen LogP contribution in [0.15, 0.2) is 78.9 Å². The van der Waals surface area contributed by atoms with Crippen LogP contribution in [0.25, 0.3) is 0 Å². The number of carbonyl (C=O) groups is 2. The Bertz CT molecular complexity index is 909. The molecule has 0 aliphatic rings. The highest BCUT2D eigenvalue weighted by atomic mass is 19.1. The van der Waals surface area contributed by atoms with Gasteiger partial charge >= 0.3 is 0 Å². The Morgan fingerprint density at radius 1 is 0.769 bits per heavy atom. The highest BCUT2D eigenvalue weighted by molar-refractivity contribution is 6.10. The second-order valence-electron chi connectivity index (χ2n) is 5.72. The summed E-state index contributed by atoms with van der Waals surface area (Å²) in [6.07, 6.45) is 0.217. The van der Waals surface area contributed by atoms with Crippen molar-refractivity contribution in [2.45, 2.75) is 6.42 Å². The van der Waals surface area contributed by atoms with Crippen molar-refractivity contribution < 1.29 is 14.0 Å². The minimum atomic E-state index is -0.382. The van der Waals surface area contributed by atoms with E-state index in [4.69, 9.17) is 0 Å². The number of para-hydroxylation sites is 1. The van der Waals surface area contributed by atoms with E-state index in [9.17, 15) is 14.0 Å². The Hall–Kier alpha value is -3.47. The van der Waals surface area contributed by atoms with E-state index in [1.807, 2.05) is 30.3 Å². The van der Waals surface area contributed by atoms with Gasteiger partial charge in [-0.3, -0.25) is 9.59 Å². The van der Waals surface area contributed by atoms with Crippen LogP contribution in [0.5, 0.6) is 0 Å². The molecule has 0 saturated carbocycles. The van der Waals surface area contributed by atoms with Crippen molar-refractivity contribution in [3.8, 4) is 0 Å². The third kappa shape index (κ3) is 4.54. The van der Waals surface area contributed by atoms with Crippen molar-refractivity contribution in [3.63, 3.8) is 0 Å². The summed E-state index contributed by atoms with van der Waals surface area (Å²) in [4.78, 5) is 24.8. The number of benzene rings is 3. The molecule has 4 nitrogen and oxygen atoms in total. The molecule has 0 unspecified atom stereocenters. The molecule has 0 aliphatic carbocycles. The summed E-state index contributed by atoms with van der Waals surface area (Å²) in [5.74, 6) is -0.970. The lowest BCUT2D eigenvalue weighted by Crippen LogP contribution is -2.19. The molecule has 0 fully saturated rings. The molecule has 3 aromatic carbocycles. The zero-order valence-corrected chi connectivity index (χ0v) is 13.9. The molecule has 0 bridgehead atoms. The molecule has 0 atom stereocenters. The number of hydrogen-bond acceptors (Lipinski definition) is 2. The summed E-state index contributed by atoms with van der Waals surface area (Å²) < 4.78 is 13.0. The van der Waals surface area contributed by atoms with Crippen LogP contribution in [0.1, 0.15) is 15.9 Å². The topological polar surface area (TPSA) is 58.2 Å². The number of amides is 2. The fourth-order valence-electron chi connectivity index (χ4n) is 2.50. The maximum atomic E-state index is 13.0. The zero-order valence-electron chi connectivity index (χ0n) is 13.9. The van der Waals surface area contributed by atoms with Crippen LogP contribution < -0.4 is 10.6 Å². The summed E-state index contributed by atoms with van der Waals surface area (Å²) in [6, 6.07) is 21.6. The predicted octanol–water partition coefficient (Wildman–Crippen LogP) is 4.26. The second-order valence-corrected chi connectivity index (χ2v) is 5.72. The van der Waals surface area contributed by atoms with E-state index in [2.05, 4.69) is 10.6 Å². The molecule has 0 spiro atoms. The van der Waals surface area contributed by atoms with Gasteiger partial charge in [0.25, 0.3) is 5.91 Å². The Morgan fingerprint density at radius 2 is 1.42 bits per heavy atom. The smallest absolute Gasteiger partial charge is 0.257 e. The molecule has 26 heavy (non-hydrogen) atoms. The van der Waals surface area contributed by atoms with Gasteiger partial charge in [0, 0.05) is 5.69 Å². The first-order valence-electron chi connectivity index (χ1n) is 8.11. The summed E-state index contributed by atoms with van der Waals surface area (Å²) in [7, 11) is 0. The number of halogens is 1. The highest BCUT2D eigenvalue weighted by Crippen LogP contribution is 2.18. The third-order valence-corrected chi connectivity index (χ3v) is 3.76. The minimum Gasteiger partial charge on any atom is -0.325 e. The number of hydrogen-bond donors (Lipinski definition) is 2. The fraction of sp³-hybridized carbons (Fsp3) is 0.0476. The molecule has 0 aromatic heterocycles. The van der Waals surface area contributed by atoms with Crippen LogP contribution in [0.2, 0.25) is 0 Å². The van der Waals surface area contributed by atoms with Gasteiger partial charge in [0.15, 0.2) is 0 Å². The summed E-state index contributed by atoms with van der Waals surface area (Å²) in [6.45, 7) is 0. The van der Waals surface area contributed by atoms with E-state index < -0.39 is 0 Å². The molecular formula is C21H17FN2O2. The van der Waals surface area contributed by atoms with Gasteiger partial charge in [0.1, 0.15) is 5.82 Å². The van der Waals surface area contributed by atoms with Crippen LogP contribution in [0, 0.1) is 5.82 Å². The van der Waals surface area contributed by atoms with Gasteiger partial charge in [-0.25, -0.2) is 4.39 Å². The first kappa shape index (κ1) is 17.4. The van der Waals surface area contributed by atoms with Gasteiger partial charge in [-0.15, -0.1) is 0 Å². The summed E-state index contributed by atoms with van der Waals surface area (Å²) >= 11 is 0. The SMILES string of the molecule is O=C(Cc1ccccc1)Nc1ccccc1C(=O)Nc1ccc(F)cc1. The predicted molar refractivity (Wildman–Crippen MR) is 99.6 cm³/mol. The Morgan fingerprint density at radius 3 is 2.15 bits per heavy atom. The van der Waals surface area contributed by atoms with Crippen molar-refractivity contribution in [3.05, 3.63) is 95.8 Å². The molecule has 0 heterocycles. The fourth-order valence-corrected chi connectivity index (χ4v) is 2.50. The van der Waals surface area contributed by atoms with Gasteiger partial charge in [0.05, 0.1) is 17.7 Å². The van der Waals surface area contributed by atoms with Crippen LogP contribution in [-0.2, 0) is 11.2 Å². The number of anilines is 2. The van der Waals surface area contributed by atoms with Gasteiger partial charge in [-0.05, 0) is 42.0 Å². The summed E-state index contributed by atoms with van der Waals surface area (Å²) in [5, 5.41) is 5.47. The molecule has 2 N–H and O–H groups in total. The van der Waals surface area contributed by atoms with Crippen LogP contribution in [0.3, 0.4) is 0 Å². The van der Waals surface area contributed by atoms with E-state index >= 15 is 0 Å². The van der Waals surface area contributed by atoms with E-state index in [0.717, 1.165) is 5.56 Å². The van der Waals surface area contributed by atoms with Gasteiger partial charge in [-0.1, -0.05) is 42.5 Å². The van der Waals surface area contributed by atoms with Gasteiger partial charge in [0.2, 0.25) is 5.91 Å². The van der Waals surface area contributed by atoms with E-state index in [1.165, 1.54) is 24.3 Å². The molecule has 3 aromatic rings. The number of nitrogens with one attached hydrogen (secondary N) is 2. The average molecular weight is 348 g/mol. The van der Waals surface area contributed by atoms with Gasteiger partial charge in [-0.2, -0.15) is 0 Å². The molecule has 0 radical (unpaired) electrons. The first-order chi connectivity index (χ1) is 12.6. The van der Waals surface area contributed by atoms with Crippen molar-refractivity contribution in [2.75, 3.05) is 10.6 Å². The van der Waals surface area contributed by atoms with Crippen molar-refractivity contribution in [1.82, 2.24) is 0 Å². The standard InChI is InChI=1S/C21H17FN2O2/c22-16-10-12-17(13-11-16)23-21(26)18-8-4-5-9-19(18)24-20(25)14-15-6-2-1-3-7-15/h1-13H,14H2,(H,23,26)(H,24,25). The van der Waals surface area contributed by atoms with Crippen molar-refractivity contribution in [2.24, 2.45) is 0 Å². The Balaban J connectivity index is 1.72. The number of rotatable bonds is 5. The molecule has 3 rings (SSSR count). The lowest BCUT2D eigenvalue weighted by atomic mass is 10.1. The first-order valence-corrected chi connectivity index (χ1v) is 8.11. The van der Waals surface area contributed by atoms with E-state index in [1.54, 1.807) is 24.3 Å². The molecule has 2 amide bonds. The lowest BCUT2D eigenvalue weighted by Gasteiger charge is -2.11. The lowest BCUT2D eigenvalue weighted by molar-refractivity contribution is -0.115. The average Bonchev–Trinajstić information content (AvgIpc) is 2.65. The molecule has 5 heteroatoms. The zero-order chi connectivity index (χ0) is 18.4. The minimum absolute atomic E-state index is 0.210. The quantitative estimate of drug-likeness (QED) is 0.724. The number of carbonyl (C=O) groups excluding carboxylic acids is 2. The van der Waals surface area contributed by atoms with Crippen molar-refractivity contribution in [1.29, 1.82) is 0 Å². The van der Waals surface area contributed by atoms with E-state index in [-0.39, 0.29) is 24.1 Å². The molecule has 0 saturated heterocycles. The molecule has 130 valence electrons. The van der Waals surface area contributed by atoms with E-state index in [0.29, 0.717) is 16.9 Å². The van der Waals surface area contributed by atoms with Crippen LogP contribution in [0.4, 0.5) is 15.8 Å². The monoisotopic (exact) mass is 348 g/mol. The Kier molecular flexibility index (Phi) is 5.39.